The number of halogens is 18. The minimum atomic E-state index is -6.28. The molecule has 4 N–H and O–H groups in total. The number of ether oxygens (including phenoxy) is 10. The summed E-state index contributed by atoms with van der Waals surface area (Å²) in [6, 6.07) is 0. The summed E-state index contributed by atoms with van der Waals surface area (Å²) < 4.78 is 292. The number of aliphatic hydroxyl groups is 4. The highest BCUT2D eigenvalue weighted by Gasteiger charge is 2.73. The molecule has 2 aliphatic carbocycles. The predicted molar refractivity (Wildman–Crippen MR) is 278 cm³/mol. The highest BCUT2D eigenvalue weighted by atomic mass is 19.4. The third kappa shape index (κ3) is 19.3. The van der Waals surface area contributed by atoms with Crippen molar-refractivity contribution < 1.29 is 176 Å². The summed E-state index contributed by atoms with van der Waals surface area (Å²) >= 11 is 0. The molecule has 4 rings (SSSR count). The SMILES string of the molecule is C=C(C)C(=O)OC1CC(C(=O)OC(CC(C)(C)OCC(C)(O)C(F)(F)F)C(C)(C)OCC(O)(C(F)(F)F)C(F)(F)F)C2CC1OC2=O.C=C(C)C(=O)OC1CCC2(C(=O)OC(CC(C)(C)OCC(C)(O)C(F)(F)F)C(C)(C)OCC(O)(C(F)(F)F)C(F)(F)F)CC1OC2=O. The van der Waals surface area contributed by atoms with Crippen LogP contribution in [-0.2, 0) is 76.1 Å². The second-order valence-electron chi connectivity index (χ2n) is 26.2. The van der Waals surface area contributed by atoms with Crippen molar-refractivity contribution in [2.75, 3.05) is 26.4 Å². The average molecular weight is 1410 g/mol. The highest BCUT2D eigenvalue weighted by molar-refractivity contribution is 6.02. The van der Waals surface area contributed by atoms with Crippen LogP contribution in [0.5, 0.6) is 0 Å². The van der Waals surface area contributed by atoms with Gasteiger partial charge >= 0.3 is 72.9 Å². The van der Waals surface area contributed by atoms with Crippen molar-refractivity contribution in [2.24, 2.45) is 17.3 Å². The first-order chi connectivity index (χ1) is 41.7. The normalized spacial score (nSPS) is 24.7. The molecule has 0 amide bonds. The standard InChI is InChI=1S/2C28H37F9O10/c1-13(2)19(38)45-16-9-15(14-8-17(16)46-20(14)39)21(40)47-18(10-22(3,4)43-11-24(7,41)26(29,30)31)23(5,6)44-12-25(42,27(32,33)34)28(35,36)37;1-14(2)18(38)45-15-8-9-24(10-16(15)46-19(24)39)20(40)47-17(11-21(3,4)43-12-23(7,41)26(29,30)31)22(5,6)44-13-25(42,27(32,33)34)28(35,36)37/h14-18,41-42H,1,8-12H2,2-7H3;15-17,41-42H,1,8-13H2,2-7H3. The smallest absolute Gasteiger partial charge is 0.428 e. The van der Waals surface area contributed by atoms with Gasteiger partial charge in [-0.25, -0.2) is 9.59 Å². The molecule has 4 aliphatic rings. The van der Waals surface area contributed by atoms with E-state index in [1.807, 2.05) is 0 Å². The van der Waals surface area contributed by atoms with Gasteiger partial charge in [-0.1, -0.05) is 13.2 Å². The number of carbonyl (C=O) groups is 6. The van der Waals surface area contributed by atoms with E-state index in [1.165, 1.54) is 13.8 Å². The first-order valence-electron chi connectivity index (χ1n) is 28.1. The van der Waals surface area contributed by atoms with Crippen molar-refractivity contribution in [3.8, 4) is 0 Å². The Labute approximate surface area is 525 Å². The van der Waals surface area contributed by atoms with Gasteiger partial charge in [-0.2, -0.15) is 79.0 Å². The fourth-order valence-electron chi connectivity index (χ4n) is 9.31. The lowest BCUT2D eigenvalue weighted by Crippen LogP contribution is -2.62. The summed E-state index contributed by atoms with van der Waals surface area (Å²) in [6.45, 7) is 10.7. The quantitative estimate of drug-likeness (QED) is 0.0206. The highest BCUT2D eigenvalue weighted by Crippen LogP contribution is 2.50. The Kier molecular flexibility index (Phi) is 24.6. The van der Waals surface area contributed by atoms with Crippen LogP contribution in [0.15, 0.2) is 24.3 Å². The zero-order valence-electron chi connectivity index (χ0n) is 52.4. The van der Waals surface area contributed by atoms with Crippen LogP contribution in [0.4, 0.5) is 79.0 Å². The maximum atomic E-state index is 13.6. The van der Waals surface area contributed by atoms with Crippen LogP contribution in [0.1, 0.15) is 128 Å². The van der Waals surface area contributed by atoms with Crippen LogP contribution in [0.25, 0.3) is 0 Å². The molecule has 0 aromatic carbocycles. The Hall–Kier alpha value is -5.28. The molecular weight excluding hydrogens is 1330 g/mol. The van der Waals surface area contributed by atoms with Crippen LogP contribution in [-0.4, -0.2) is 201 Å². The van der Waals surface area contributed by atoms with Crippen LogP contribution in [0, 0.1) is 17.3 Å². The minimum absolute atomic E-state index is 0.0279. The van der Waals surface area contributed by atoms with Crippen LogP contribution in [0.3, 0.4) is 0 Å². The number of hydrogen-bond acceptors (Lipinski definition) is 20. The number of carbonyl (C=O) groups excluding carboxylic acids is 6. The van der Waals surface area contributed by atoms with E-state index in [-0.39, 0.29) is 36.8 Å². The molecule has 2 heterocycles. The first kappa shape index (κ1) is 82.9. The maximum absolute atomic E-state index is 13.6. The Morgan fingerprint density at radius 2 is 0.894 bits per heavy atom. The molecule has 0 radical (unpaired) electrons. The molecule has 94 heavy (non-hydrogen) atoms. The van der Waals surface area contributed by atoms with Crippen LogP contribution >= 0.6 is 0 Å². The van der Waals surface area contributed by atoms with Crippen molar-refractivity contribution in [3.63, 3.8) is 0 Å². The van der Waals surface area contributed by atoms with Gasteiger partial charge in [-0.15, -0.1) is 0 Å². The molecule has 11 unspecified atom stereocenters. The Morgan fingerprint density at radius 1 is 0.521 bits per heavy atom. The van der Waals surface area contributed by atoms with Gasteiger partial charge in [0.2, 0.25) is 0 Å². The summed E-state index contributed by atoms with van der Waals surface area (Å²) in [5, 5.41) is 38.7. The summed E-state index contributed by atoms with van der Waals surface area (Å²) in [5.74, 6) is -8.89. The van der Waals surface area contributed by atoms with E-state index in [1.54, 1.807) is 0 Å². The van der Waals surface area contributed by atoms with Crippen molar-refractivity contribution in [1.82, 2.24) is 0 Å². The van der Waals surface area contributed by atoms with Crippen molar-refractivity contribution >= 4 is 35.8 Å². The third-order valence-electron chi connectivity index (χ3n) is 16.1. The zero-order valence-corrected chi connectivity index (χ0v) is 52.4. The predicted octanol–water partition coefficient (Wildman–Crippen LogP) is 9.12. The van der Waals surface area contributed by atoms with Gasteiger partial charge in [0.1, 0.15) is 36.6 Å². The molecule has 544 valence electrons. The number of rotatable bonds is 26. The van der Waals surface area contributed by atoms with Gasteiger partial charge in [0, 0.05) is 43.3 Å². The van der Waals surface area contributed by atoms with Gasteiger partial charge in [-0.05, 0) is 95.9 Å². The van der Waals surface area contributed by atoms with Crippen molar-refractivity contribution in [2.45, 2.75) is 247 Å². The summed E-state index contributed by atoms with van der Waals surface area (Å²) in [5.41, 5.74) is -28.0. The van der Waals surface area contributed by atoms with E-state index in [0.717, 1.165) is 55.4 Å². The summed E-state index contributed by atoms with van der Waals surface area (Å²) in [7, 11) is 0. The van der Waals surface area contributed by atoms with Crippen molar-refractivity contribution in [3.05, 3.63) is 24.3 Å². The molecule has 20 nitrogen and oxygen atoms in total. The molecule has 11 atom stereocenters. The molecule has 0 aromatic rings. The molecule has 4 fully saturated rings. The van der Waals surface area contributed by atoms with E-state index in [4.69, 9.17) is 47.4 Å². The molecule has 0 spiro atoms. The number of hydrogen-bond donors (Lipinski definition) is 4. The zero-order chi connectivity index (χ0) is 73.6. The maximum Gasteiger partial charge on any atom is 0.428 e. The van der Waals surface area contributed by atoms with E-state index < -0.39 is 217 Å². The Balaban J connectivity index is 0.000000490. The van der Waals surface area contributed by atoms with Gasteiger partial charge < -0.3 is 67.8 Å². The molecular formula is C56H74F18O20. The molecule has 4 bridgehead atoms. The van der Waals surface area contributed by atoms with Gasteiger partial charge in [0.05, 0.1) is 60.7 Å². The summed E-state index contributed by atoms with van der Waals surface area (Å²) in [4.78, 5) is 76.7. The lowest BCUT2D eigenvalue weighted by Gasteiger charge is -2.42. The van der Waals surface area contributed by atoms with E-state index in [9.17, 15) is 128 Å². The monoisotopic (exact) mass is 1410 g/mol. The Morgan fingerprint density at radius 3 is 1.26 bits per heavy atom. The Bertz CT molecular complexity index is 2740. The lowest BCUT2D eigenvalue weighted by molar-refractivity contribution is -0.384. The van der Waals surface area contributed by atoms with Crippen LogP contribution in [0.2, 0.25) is 0 Å². The molecule has 38 heteroatoms. The molecule has 0 aromatic heterocycles. The van der Waals surface area contributed by atoms with E-state index in [2.05, 4.69) is 13.2 Å². The number of fused-ring (bicyclic) bond motifs is 4. The van der Waals surface area contributed by atoms with Gasteiger partial charge in [0.15, 0.2) is 16.6 Å². The van der Waals surface area contributed by atoms with Crippen LogP contribution < -0.4 is 0 Å². The molecule has 2 saturated carbocycles. The summed E-state index contributed by atoms with van der Waals surface area (Å²) in [6.07, 6.45) is -46.4. The van der Waals surface area contributed by atoms with Crippen molar-refractivity contribution in [1.29, 1.82) is 0 Å². The number of esters is 6. The fourth-order valence-corrected chi connectivity index (χ4v) is 9.31. The minimum Gasteiger partial charge on any atom is -0.459 e. The number of alkyl halides is 18. The molecule has 2 aliphatic heterocycles. The van der Waals surface area contributed by atoms with Gasteiger partial charge in [0.25, 0.3) is 11.2 Å². The van der Waals surface area contributed by atoms with E-state index in [0.29, 0.717) is 13.8 Å². The topological polar surface area (TPSA) is 276 Å². The van der Waals surface area contributed by atoms with Gasteiger partial charge in [-0.3, -0.25) is 19.2 Å². The second-order valence-corrected chi connectivity index (χ2v) is 26.2. The second kappa shape index (κ2) is 27.9. The molecule has 2 saturated heterocycles. The first-order valence-corrected chi connectivity index (χ1v) is 28.1. The lowest BCUT2D eigenvalue weighted by atomic mass is 9.74. The average Bonchev–Trinajstić information content (AvgIpc) is 1.45. The largest absolute Gasteiger partial charge is 0.459 e. The third-order valence-corrected chi connectivity index (χ3v) is 16.1. The fraction of sp³-hybridized carbons (Fsp3) is 0.821. The van der Waals surface area contributed by atoms with E-state index >= 15 is 0 Å².